The highest BCUT2D eigenvalue weighted by atomic mass is 16.5. The number of nitrogens with one attached hydrogen (secondary N) is 1. The van der Waals surface area contributed by atoms with Crippen molar-refractivity contribution < 1.29 is 19.1 Å². The molecule has 1 aliphatic heterocycles. The molecular weight excluding hydrogens is 308 g/mol. The molecule has 1 heterocycles. The Morgan fingerprint density at radius 3 is 2.42 bits per heavy atom. The lowest BCUT2D eigenvalue weighted by Crippen LogP contribution is -2.41. The molecule has 1 N–H and O–H groups in total. The Labute approximate surface area is 143 Å². The third kappa shape index (κ3) is 4.40. The van der Waals surface area contributed by atoms with Gasteiger partial charge in [-0.1, -0.05) is 6.92 Å². The summed E-state index contributed by atoms with van der Waals surface area (Å²) < 4.78 is 10.5. The summed E-state index contributed by atoms with van der Waals surface area (Å²) in [4.78, 5) is 25.8. The summed E-state index contributed by atoms with van der Waals surface area (Å²) in [6.45, 7) is 3.96. The van der Waals surface area contributed by atoms with Crippen LogP contribution in [0.5, 0.6) is 11.5 Å². The molecule has 0 unspecified atom stereocenters. The van der Waals surface area contributed by atoms with E-state index in [1.807, 2.05) is 11.8 Å². The van der Waals surface area contributed by atoms with Crippen molar-refractivity contribution >= 4 is 11.8 Å². The topological polar surface area (TPSA) is 67.9 Å². The average Bonchev–Trinajstić information content (AvgIpc) is 2.65. The molecule has 1 fully saturated rings. The fraction of sp³-hybridized carbons (Fsp3) is 0.556. The third-order valence-electron chi connectivity index (χ3n) is 4.44. The molecule has 0 aliphatic carbocycles. The van der Waals surface area contributed by atoms with Crippen molar-refractivity contribution in [2.75, 3.05) is 33.9 Å². The van der Waals surface area contributed by atoms with Gasteiger partial charge in [0.25, 0.3) is 5.91 Å². The highest BCUT2D eigenvalue weighted by molar-refractivity contribution is 5.95. The van der Waals surface area contributed by atoms with Gasteiger partial charge in [0, 0.05) is 31.6 Å². The van der Waals surface area contributed by atoms with Gasteiger partial charge < -0.3 is 19.7 Å². The van der Waals surface area contributed by atoms with E-state index >= 15 is 0 Å². The fourth-order valence-electron chi connectivity index (χ4n) is 2.88. The zero-order valence-electron chi connectivity index (χ0n) is 14.6. The molecule has 0 spiro atoms. The zero-order valence-corrected chi connectivity index (χ0v) is 14.6. The quantitative estimate of drug-likeness (QED) is 0.865. The van der Waals surface area contributed by atoms with E-state index in [2.05, 4.69) is 5.32 Å². The van der Waals surface area contributed by atoms with Crippen LogP contribution in [0.1, 0.15) is 36.5 Å². The molecule has 1 saturated heterocycles. The van der Waals surface area contributed by atoms with Crippen LogP contribution in [-0.2, 0) is 4.79 Å². The second-order valence-corrected chi connectivity index (χ2v) is 5.96. The number of nitrogens with zero attached hydrogens (tertiary/aromatic N) is 1. The van der Waals surface area contributed by atoms with Crippen molar-refractivity contribution in [1.29, 1.82) is 0 Å². The second-order valence-electron chi connectivity index (χ2n) is 5.96. The first-order valence-corrected chi connectivity index (χ1v) is 8.37. The predicted octanol–water partition coefficient (Wildman–Crippen LogP) is 2.08. The van der Waals surface area contributed by atoms with E-state index in [1.165, 1.54) is 0 Å². The van der Waals surface area contributed by atoms with Crippen LogP contribution < -0.4 is 14.8 Å². The summed E-state index contributed by atoms with van der Waals surface area (Å²) in [6.07, 6.45) is 2.32. The van der Waals surface area contributed by atoms with E-state index in [4.69, 9.17) is 9.47 Å². The first-order chi connectivity index (χ1) is 11.6. The van der Waals surface area contributed by atoms with Crippen molar-refractivity contribution in [1.82, 2.24) is 10.2 Å². The van der Waals surface area contributed by atoms with Gasteiger partial charge in [-0.2, -0.15) is 0 Å². The summed E-state index contributed by atoms with van der Waals surface area (Å²) in [6, 6.07) is 5.23. The van der Waals surface area contributed by atoms with Crippen LogP contribution >= 0.6 is 0 Å². The van der Waals surface area contributed by atoms with Gasteiger partial charge in [-0.3, -0.25) is 9.59 Å². The molecule has 1 aromatic rings. The summed E-state index contributed by atoms with van der Waals surface area (Å²) in [5, 5.41) is 2.93. The molecule has 2 rings (SSSR count). The number of likely N-dealkylation sites (tertiary alicyclic amines) is 1. The van der Waals surface area contributed by atoms with Gasteiger partial charge in [-0.05, 0) is 37.0 Å². The molecule has 24 heavy (non-hydrogen) atoms. The van der Waals surface area contributed by atoms with Gasteiger partial charge >= 0.3 is 0 Å². The molecule has 6 nitrogen and oxygen atoms in total. The van der Waals surface area contributed by atoms with E-state index in [9.17, 15) is 9.59 Å². The van der Waals surface area contributed by atoms with Gasteiger partial charge in [0.1, 0.15) is 0 Å². The molecular formula is C18H26N2O4. The normalized spacial score (nSPS) is 15.0. The molecule has 6 heteroatoms. The highest BCUT2D eigenvalue weighted by Crippen LogP contribution is 2.28. The molecule has 1 aromatic carbocycles. The van der Waals surface area contributed by atoms with Crippen molar-refractivity contribution in [3.05, 3.63) is 23.8 Å². The number of benzene rings is 1. The third-order valence-corrected chi connectivity index (χ3v) is 4.44. The van der Waals surface area contributed by atoms with E-state index in [0.717, 1.165) is 12.8 Å². The largest absolute Gasteiger partial charge is 0.493 e. The first-order valence-electron chi connectivity index (χ1n) is 8.37. The summed E-state index contributed by atoms with van der Waals surface area (Å²) in [5.41, 5.74) is 0.602. The first kappa shape index (κ1) is 18.1. The average molecular weight is 334 g/mol. The Morgan fingerprint density at radius 2 is 1.83 bits per heavy atom. The van der Waals surface area contributed by atoms with Crippen LogP contribution in [-0.4, -0.2) is 50.6 Å². The molecule has 0 saturated carbocycles. The molecule has 1 aliphatic rings. The molecule has 0 radical (unpaired) electrons. The van der Waals surface area contributed by atoms with E-state index in [0.29, 0.717) is 49.0 Å². The number of methoxy groups -OCH3 is 2. The number of amides is 2. The number of ether oxygens (including phenoxy) is 2. The zero-order chi connectivity index (χ0) is 17.5. The standard InChI is InChI=1S/C18H26N2O4/c1-4-17(21)19-12-13-7-9-20(10-8-13)18(22)14-5-6-15(23-2)16(11-14)24-3/h5-6,11,13H,4,7-10,12H2,1-3H3,(H,19,21). The minimum Gasteiger partial charge on any atom is -0.493 e. The minimum atomic E-state index is 0.00648. The number of rotatable bonds is 6. The molecule has 0 aromatic heterocycles. The Hall–Kier alpha value is -2.24. The van der Waals surface area contributed by atoms with Gasteiger partial charge in [0.05, 0.1) is 14.2 Å². The maximum atomic E-state index is 12.6. The van der Waals surface area contributed by atoms with E-state index in [-0.39, 0.29) is 11.8 Å². The van der Waals surface area contributed by atoms with E-state index in [1.54, 1.807) is 32.4 Å². The Morgan fingerprint density at radius 1 is 1.17 bits per heavy atom. The monoisotopic (exact) mass is 334 g/mol. The van der Waals surface area contributed by atoms with Crippen LogP contribution in [0.25, 0.3) is 0 Å². The van der Waals surface area contributed by atoms with Crippen LogP contribution in [0.3, 0.4) is 0 Å². The van der Waals surface area contributed by atoms with Gasteiger partial charge in [0.2, 0.25) is 5.91 Å². The van der Waals surface area contributed by atoms with Crippen LogP contribution in [0.4, 0.5) is 0 Å². The summed E-state index contributed by atoms with van der Waals surface area (Å²) >= 11 is 0. The number of carbonyl (C=O) groups is 2. The van der Waals surface area contributed by atoms with E-state index < -0.39 is 0 Å². The lowest BCUT2D eigenvalue weighted by molar-refractivity contribution is -0.121. The Bertz CT molecular complexity index is 580. The highest BCUT2D eigenvalue weighted by Gasteiger charge is 2.24. The molecule has 2 amide bonds. The van der Waals surface area contributed by atoms with Crippen LogP contribution in [0.15, 0.2) is 18.2 Å². The number of hydrogen-bond acceptors (Lipinski definition) is 4. The number of carbonyl (C=O) groups excluding carboxylic acids is 2. The smallest absolute Gasteiger partial charge is 0.253 e. The second kappa shape index (κ2) is 8.57. The van der Waals surface area contributed by atoms with Crippen molar-refractivity contribution in [2.24, 2.45) is 5.92 Å². The van der Waals surface area contributed by atoms with Gasteiger partial charge in [-0.15, -0.1) is 0 Å². The minimum absolute atomic E-state index is 0.00648. The Balaban J connectivity index is 1.92. The lowest BCUT2D eigenvalue weighted by atomic mass is 9.96. The maximum absolute atomic E-state index is 12.6. The van der Waals surface area contributed by atoms with Crippen LogP contribution in [0, 0.1) is 5.92 Å². The number of hydrogen-bond donors (Lipinski definition) is 1. The van der Waals surface area contributed by atoms with Crippen molar-refractivity contribution in [3.8, 4) is 11.5 Å². The molecule has 132 valence electrons. The van der Waals surface area contributed by atoms with Crippen LogP contribution in [0.2, 0.25) is 0 Å². The molecule has 0 atom stereocenters. The molecule has 0 bridgehead atoms. The lowest BCUT2D eigenvalue weighted by Gasteiger charge is -2.32. The van der Waals surface area contributed by atoms with Crippen molar-refractivity contribution in [2.45, 2.75) is 26.2 Å². The maximum Gasteiger partial charge on any atom is 0.253 e. The Kier molecular flexibility index (Phi) is 6.46. The van der Waals surface area contributed by atoms with Gasteiger partial charge in [0.15, 0.2) is 11.5 Å². The fourth-order valence-corrected chi connectivity index (χ4v) is 2.88. The number of piperidine rings is 1. The van der Waals surface area contributed by atoms with Gasteiger partial charge in [-0.25, -0.2) is 0 Å². The predicted molar refractivity (Wildman–Crippen MR) is 91.5 cm³/mol. The summed E-state index contributed by atoms with van der Waals surface area (Å²) in [7, 11) is 3.13. The summed E-state index contributed by atoms with van der Waals surface area (Å²) in [5.74, 6) is 1.70. The SMILES string of the molecule is CCC(=O)NCC1CCN(C(=O)c2ccc(OC)c(OC)c2)CC1. The van der Waals surface area contributed by atoms with Crippen molar-refractivity contribution in [3.63, 3.8) is 0 Å².